The molecule has 21 heavy (non-hydrogen) atoms. The average Bonchev–Trinajstić information content (AvgIpc) is 2.90. The predicted octanol–water partition coefficient (Wildman–Crippen LogP) is 5.12. The van der Waals surface area contributed by atoms with E-state index in [-0.39, 0.29) is 5.54 Å². The van der Waals surface area contributed by atoms with E-state index < -0.39 is 0 Å². The van der Waals surface area contributed by atoms with E-state index in [0.717, 1.165) is 19.1 Å². The Morgan fingerprint density at radius 2 is 2.00 bits per heavy atom. The molecule has 1 heterocycles. The zero-order valence-electron chi connectivity index (χ0n) is 14.1. The molecule has 2 atom stereocenters. The van der Waals surface area contributed by atoms with Gasteiger partial charge in [0, 0.05) is 21.8 Å². The van der Waals surface area contributed by atoms with Gasteiger partial charge in [-0.15, -0.1) is 11.3 Å². The molecule has 1 aromatic rings. The first-order valence-electron chi connectivity index (χ1n) is 8.40. The summed E-state index contributed by atoms with van der Waals surface area (Å²) in [6.45, 7) is 10.7. The number of nitrogens with one attached hydrogen (secondary N) is 1. The molecule has 1 aliphatic rings. The highest BCUT2D eigenvalue weighted by molar-refractivity contribution is 7.11. The Kier molecular flexibility index (Phi) is 6.27. The van der Waals surface area contributed by atoms with Crippen molar-refractivity contribution in [3.8, 4) is 0 Å². The quantitative estimate of drug-likeness (QED) is 0.787. The maximum atomic E-state index is 6.15. The molecular formula is C18H31NOS. The Labute approximate surface area is 134 Å². The van der Waals surface area contributed by atoms with Crippen molar-refractivity contribution < 1.29 is 4.74 Å². The first kappa shape index (κ1) is 17.0. The van der Waals surface area contributed by atoms with E-state index in [1.807, 2.05) is 11.3 Å². The fraction of sp³-hybridized carbons (Fsp3) is 0.778. The Morgan fingerprint density at radius 1 is 1.24 bits per heavy atom. The highest BCUT2D eigenvalue weighted by atomic mass is 32.1. The molecule has 0 aromatic carbocycles. The molecule has 0 spiro atoms. The minimum atomic E-state index is 0.178. The summed E-state index contributed by atoms with van der Waals surface area (Å²) in [5, 5.41) is 3.54. The molecule has 0 saturated heterocycles. The summed E-state index contributed by atoms with van der Waals surface area (Å²) in [4.78, 5) is 2.76. The van der Waals surface area contributed by atoms with Crippen molar-refractivity contribution in [2.45, 2.75) is 84.6 Å². The zero-order chi connectivity index (χ0) is 15.3. The van der Waals surface area contributed by atoms with Crippen LogP contribution in [0.5, 0.6) is 0 Å². The van der Waals surface area contributed by atoms with Gasteiger partial charge in [0.15, 0.2) is 0 Å². The van der Waals surface area contributed by atoms with Crippen molar-refractivity contribution in [2.75, 3.05) is 0 Å². The third-order valence-corrected chi connectivity index (χ3v) is 5.34. The van der Waals surface area contributed by atoms with Crippen LogP contribution in [-0.2, 0) is 17.9 Å². The zero-order valence-corrected chi connectivity index (χ0v) is 14.9. The van der Waals surface area contributed by atoms with Crippen molar-refractivity contribution in [1.82, 2.24) is 5.32 Å². The van der Waals surface area contributed by atoms with Gasteiger partial charge in [0.25, 0.3) is 0 Å². The monoisotopic (exact) mass is 309 g/mol. The number of thiophene rings is 1. The van der Waals surface area contributed by atoms with Gasteiger partial charge in [-0.25, -0.2) is 0 Å². The Bertz CT molecular complexity index is 421. The number of hydrogen-bond donors (Lipinski definition) is 1. The minimum absolute atomic E-state index is 0.178. The van der Waals surface area contributed by atoms with Crippen LogP contribution in [0.25, 0.3) is 0 Å². The van der Waals surface area contributed by atoms with Gasteiger partial charge in [0.1, 0.15) is 0 Å². The van der Waals surface area contributed by atoms with E-state index in [1.54, 1.807) is 0 Å². The Hall–Kier alpha value is -0.380. The third-order valence-electron chi connectivity index (χ3n) is 4.28. The Morgan fingerprint density at radius 3 is 2.71 bits per heavy atom. The summed E-state index contributed by atoms with van der Waals surface area (Å²) < 4.78 is 6.15. The summed E-state index contributed by atoms with van der Waals surface area (Å²) in [6.07, 6.45) is 7.05. The average molecular weight is 310 g/mol. The number of hydrogen-bond acceptors (Lipinski definition) is 3. The first-order chi connectivity index (χ1) is 9.96. The lowest BCUT2D eigenvalue weighted by atomic mass is 9.85. The lowest BCUT2D eigenvalue weighted by Gasteiger charge is -2.28. The van der Waals surface area contributed by atoms with Crippen molar-refractivity contribution in [2.24, 2.45) is 5.92 Å². The summed E-state index contributed by atoms with van der Waals surface area (Å²) in [5.74, 6) is 0.888. The summed E-state index contributed by atoms with van der Waals surface area (Å²) >= 11 is 1.88. The second kappa shape index (κ2) is 7.75. The molecule has 2 unspecified atom stereocenters. The maximum absolute atomic E-state index is 6.15. The smallest absolute Gasteiger partial charge is 0.0813 e. The number of rotatable bonds is 6. The van der Waals surface area contributed by atoms with E-state index in [0.29, 0.717) is 6.10 Å². The van der Waals surface area contributed by atoms with Gasteiger partial charge in [-0.2, -0.15) is 0 Å². The minimum Gasteiger partial charge on any atom is -0.373 e. The van der Waals surface area contributed by atoms with Gasteiger partial charge >= 0.3 is 0 Å². The van der Waals surface area contributed by atoms with Gasteiger partial charge in [-0.1, -0.05) is 26.2 Å². The van der Waals surface area contributed by atoms with Crippen LogP contribution in [0, 0.1) is 5.92 Å². The van der Waals surface area contributed by atoms with Crippen LogP contribution in [0.15, 0.2) is 12.1 Å². The molecule has 120 valence electrons. The molecule has 1 N–H and O–H groups in total. The Balaban J connectivity index is 1.75. The summed E-state index contributed by atoms with van der Waals surface area (Å²) in [5.41, 5.74) is 0.178. The van der Waals surface area contributed by atoms with Gasteiger partial charge in [-0.05, 0) is 51.7 Å². The summed E-state index contributed by atoms with van der Waals surface area (Å²) in [6, 6.07) is 4.46. The van der Waals surface area contributed by atoms with E-state index >= 15 is 0 Å². The van der Waals surface area contributed by atoms with Crippen LogP contribution in [0.3, 0.4) is 0 Å². The SMILES string of the molecule is CCC1CCCC(OCc2ccc(CNC(C)(C)C)s2)C1. The largest absolute Gasteiger partial charge is 0.373 e. The van der Waals surface area contributed by atoms with E-state index in [2.05, 4.69) is 45.1 Å². The molecule has 1 saturated carbocycles. The van der Waals surface area contributed by atoms with Gasteiger partial charge in [0.2, 0.25) is 0 Å². The molecule has 3 heteroatoms. The lowest BCUT2D eigenvalue weighted by molar-refractivity contribution is 0.00298. The highest BCUT2D eigenvalue weighted by Crippen LogP contribution is 2.29. The van der Waals surface area contributed by atoms with Crippen molar-refractivity contribution in [1.29, 1.82) is 0 Å². The molecule has 0 bridgehead atoms. The summed E-state index contributed by atoms with van der Waals surface area (Å²) in [7, 11) is 0. The van der Waals surface area contributed by atoms with Crippen LogP contribution < -0.4 is 5.32 Å². The van der Waals surface area contributed by atoms with Crippen LogP contribution in [-0.4, -0.2) is 11.6 Å². The van der Waals surface area contributed by atoms with E-state index in [4.69, 9.17) is 4.74 Å². The van der Waals surface area contributed by atoms with E-state index in [1.165, 1.54) is 41.9 Å². The van der Waals surface area contributed by atoms with Gasteiger partial charge in [-0.3, -0.25) is 0 Å². The highest BCUT2D eigenvalue weighted by Gasteiger charge is 2.21. The molecule has 1 aromatic heterocycles. The molecule has 1 aliphatic carbocycles. The van der Waals surface area contributed by atoms with Crippen LogP contribution in [0.1, 0.15) is 69.6 Å². The molecule has 2 nitrogen and oxygen atoms in total. The normalized spacial score (nSPS) is 23.4. The van der Waals surface area contributed by atoms with Crippen LogP contribution >= 0.6 is 11.3 Å². The molecule has 2 rings (SSSR count). The molecule has 0 radical (unpaired) electrons. The lowest BCUT2D eigenvalue weighted by Crippen LogP contribution is -2.34. The maximum Gasteiger partial charge on any atom is 0.0813 e. The standard InChI is InChI=1S/C18H31NOS/c1-5-14-7-6-8-15(11-14)20-13-17-10-9-16(21-17)12-19-18(2,3)4/h9-10,14-15,19H,5-8,11-13H2,1-4H3. The second-order valence-corrected chi connectivity index (χ2v) is 8.60. The molecule has 0 amide bonds. The van der Waals surface area contributed by atoms with Crippen molar-refractivity contribution >= 4 is 11.3 Å². The second-order valence-electron chi connectivity index (χ2n) is 7.35. The van der Waals surface area contributed by atoms with E-state index in [9.17, 15) is 0 Å². The molecular weight excluding hydrogens is 278 g/mol. The van der Waals surface area contributed by atoms with Gasteiger partial charge in [0.05, 0.1) is 12.7 Å². The van der Waals surface area contributed by atoms with Crippen molar-refractivity contribution in [3.63, 3.8) is 0 Å². The van der Waals surface area contributed by atoms with Gasteiger partial charge < -0.3 is 10.1 Å². The fourth-order valence-corrected chi connectivity index (χ4v) is 3.79. The van der Waals surface area contributed by atoms with Crippen LogP contribution in [0.2, 0.25) is 0 Å². The topological polar surface area (TPSA) is 21.3 Å². The molecule has 1 fully saturated rings. The predicted molar refractivity (Wildman–Crippen MR) is 91.7 cm³/mol. The van der Waals surface area contributed by atoms with Crippen molar-refractivity contribution in [3.05, 3.63) is 21.9 Å². The third kappa shape index (κ3) is 6.09. The van der Waals surface area contributed by atoms with Crippen LogP contribution in [0.4, 0.5) is 0 Å². The molecule has 0 aliphatic heterocycles. The number of ether oxygens (including phenoxy) is 1. The first-order valence-corrected chi connectivity index (χ1v) is 9.22. The fourth-order valence-electron chi connectivity index (χ4n) is 2.91.